The fourth-order valence-corrected chi connectivity index (χ4v) is 4.26. The zero-order chi connectivity index (χ0) is 22.3. The van der Waals surface area contributed by atoms with Crippen LogP contribution in [0, 0.1) is 0 Å². The molecule has 1 heterocycles. The van der Waals surface area contributed by atoms with Gasteiger partial charge in [0.25, 0.3) is 5.91 Å². The first-order valence-corrected chi connectivity index (χ1v) is 11.2. The van der Waals surface area contributed by atoms with Crippen LogP contribution in [0.1, 0.15) is 28.9 Å². The Labute approximate surface area is 190 Å². The lowest BCUT2D eigenvalue weighted by molar-refractivity contribution is 0.0791. The molecule has 0 aromatic heterocycles. The van der Waals surface area contributed by atoms with E-state index in [1.807, 2.05) is 54.6 Å². The van der Waals surface area contributed by atoms with Gasteiger partial charge in [0.15, 0.2) is 0 Å². The summed E-state index contributed by atoms with van der Waals surface area (Å²) >= 11 is 0. The number of carbonyl (C=O) groups excluding carboxylic acids is 1. The van der Waals surface area contributed by atoms with E-state index < -0.39 is 0 Å². The fraction of sp³-hybridized carbons (Fsp3) is 0.296. The predicted molar refractivity (Wildman–Crippen MR) is 128 cm³/mol. The van der Waals surface area contributed by atoms with E-state index >= 15 is 0 Å². The van der Waals surface area contributed by atoms with Gasteiger partial charge in [-0.3, -0.25) is 9.69 Å². The number of nitrogens with one attached hydrogen (secondary N) is 1. The lowest BCUT2D eigenvalue weighted by Crippen LogP contribution is -2.51. The van der Waals surface area contributed by atoms with E-state index in [2.05, 4.69) is 53.4 Å². The van der Waals surface area contributed by atoms with Crippen molar-refractivity contribution >= 4 is 5.91 Å². The van der Waals surface area contributed by atoms with Gasteiger partial charge in [-0.15, -0.1) is 0 Å². The number of benzene rings is 3. The third kappa shape index (κ3) is 5.55. The lowest BCUT2D eigenvalue weighted by Gasteiger charge is -2.41. The number of nitrogens with zero attached hydrogens (tertiary/aromatic N) is 2. The molecule has 3 aromatic carbocycles. The van der Waals surface area contributed by atoms with Gasteiger partial charge in [0, 0.05) is 37.8 Å². The molecule has 1 N–H and O–H groups in total. The molecule has 0 aliphatic carbocycles. The number of rotatable bonds is 7. The Balaban J connectivity index is 1.49. The molecular weight excluding hydrogens is 398 g/mol. The number of carbonyl (C=O) groups is 1. The first-order chi connectivity index (χ1) is 15.6. The largest absolute Gasteiger partial charge is 0.457 e. The van der Waals surface area contributed by atoms with Gasteiger partial charge in [-0.05, 0) is 49.9 Å². The molecule has 1 aliphatic rings. The molecule has 1 aliphatic heterocycles. The molecule has 166 valence electrons. The molecular formula is C27H31N3O2. The molecule has 3 aromatic rings. The highest BCUT2D eigenvalue weighted by atomic mass is 16.5. The summed E-state index contributed by atoms with van der Waals surface area (Å²) in [5, 5.41) is 3.24. The van der Waals surface area contributed by atoms with Crippen molar-refractivity contribution < 1.29 is 9.53 Å². The van der Waals surface area contributed by atoms with Crippen molar-refractivity contribution in [3.63, 3.8) is 0 Å². The van der Waals surface area contributed by atoms with Crippen molar-refractivity contribution in [2.45, 2.75) is 19.0 Å². The highest BCUT2D eigenvalue weighted by Crippen LogP contribution is 2.26. The maximum Gasteiger partial charge on any atom is 0.251 e. The Morgan fingerprint density at radius 3 is 2.16 bits per heavy atom. The SMILES string of the molecule is C[C@H](NC(=O)c1cccc(Oc2ccccc2)c1)[C@@H](c1ccccc1)N1CCN(C)CC1. The number of piperazine rings is 1. The molecule has 1 saturated heterocycles. The molecule has 1 amide bonds. The maximum atomic E-state index is 13.1. The summed E-state index contributed by atoms with van der Waals surface area (Å²) in [5.74, 6) is 1.30. The molecule has 4 rings (SSSR count). The van der Waals surface area contributed by atoms with Crippen LogP contribution in [-0.4, -0.2) is 55.0 Å². The minimum absolute atomic E-state index is 0.0491. The number of hydrogen-bond donors (Lipinski definition) is 1. The van der Waals surface area contributed by atoms with Gasteiger partial charge < -0.3 is 15.0 Å². The molecule has 32 heavy (non-hydrogen) atoms. The predicted octanol–water partition coefficient (Wildman–Crippen LogP) is 4.59. The van der Waals surface area contributed by atoms with Crippen molar-refractivity contribution in [2.24, 2.45) is 0 Å². The second kappa shape index (κ2) is 10.4. The quantitative estimate of drug-likeness (QED) is 0.597. The van der Waals surface area contributed by atoms with Crippen molar-refractivity contribution in [3.05, 3.63) is 96.1 Å². The summed E-state index contributed by atoms with van der Waals surface area (Å²) in [4.78, 5) is 18.0. The molecule has 0 saturated carbocycles. The first-order valence-electron chi connectivity index (χ1n) is 11.2. The Kier molecular flexibility index (Phi) is 7.20. The minimum atomic E-state index is -0.0916. The lowest BCUT2D eigenvalue weighted by atomic mass is 9.97. The Morgan fingerprint density at radius 2 is 1.47 bits per heavy atom. The Bertz CT molecular complexity index is 1000. The number of amides is 1. The molecule has 2 atom stereocenters. The van der Waals surface area contributed by atoms with Gasteiger partial charge in [0.2, 0.25) is 0 Å². The zero-order valence-electron chi connectivity index (χ0n) is 18.8. The summed E-state index contributed by atoms with van der Waals surface area (Å²) in [6, 6.07) is 27.5. The van der Waals surface area contributed by atoms with Crippen molar-refractivity contribution in [1.29, 1.82) is 0 Å². The van der Waals surface area contributed by atoms with Gasteiger partial charge in [0.1, 0.15) is 11.5 Å². The van der Waals surface area contributed by atoms with E-state index in [0.29, 0.717) is 11.3 Å². The standard InChI is InChI=1S/C27H31N3O2/c1-21(26(22-10-5-3-6-11-22)30-18-16-29(2)17-19-30)28-27(31)23-12-9-15-25(20-23)32-24-13-7-4-8-14-24/h3-15,20-21,26H,16-19H2,1-2H3,(H,28,31)/t21-,26-/m0/s1. The summed E-state index contributed by atoms with van der Waals surface area (Å²) in [6.45, 7) is 6.12. The third-order valence-corrected chi connectivity index (χ3v) is 5.98. The normalized spacial score (nSPS) is 16.8. The van der Waals surface area contributed by atoms with Crippen LogP contribution in [0.4, 0.5) is 0 Å². The third-order valence-electron chi connectivity index (χ3n) is 5.98. The molecule has 5 nitrogen and oxygen atoms in total. The maximum absolute atomic E-state index is 13.1. The van der Waals surface area contributed by atoms with Crippen LogP contribution >= 0.6 is 0 Å². The highest BCUT2D eigenvalue weighted by molar-refractivity contribution is 5.94. The molecule has 0 bridgehead atoms. The van der Waals surface area contributed by atoms with E-state index in [0.717, 1.165) is 31.9 Å². The van der Waals surface area contributed by atoms with E-state index in [1.165, 1.54) is 5.56 Å². The van der Waals surface area contributed by atoms with Crippen molar-refractivity contribution in [3.8, 4) is 11.5 Å². The van der Waals surface area contributed by atoms with Crippen LogP contribution in [0.3, 0.4) is 0 Å². The van der Waals surface area contributed by atoms with Gasteiger partial charge >= 0.3 is 0 Å². The van der Waals surface area contributed by atoms with E-state index in [4.69, 9.17) is 4.74 Å². The monoisotopic (exact) mass is 429 g/mol. The highest BCUT2D eigenvalue weighted by Gasteiger charge is 2.29. The Morgan fingerprint density at radius 1 is 0.844 bits per heavy atom. The van der Waals surface area contributed by atoms with E-state index in [1.54, 1.807) is 6.07 Å². The molecule has 0 unspecified atom stereocenters. The summed E-state index contributed by atoms with van der Waals surface area (Å²) < 4.78 is 5.90. The van der Waals surface area contributed by atoms with Gasteiger partial charge in [-0.1, -0.05) is 54.6 Å². The first kappa shape index (κ1) is 22.1. The van der Waals surface area contributed by atoms with Crippen LogP contribution in [0.15, 0.2) is 84.9 Å². The van der Waals surface area contributed by atoms with Gasteiger partial charge in [0.05, 0.1) is 6.04 Å². The topological polar surface area (TPSA) is 44.8 Å². The minimum Gasteiger partial charge on any atom is -0.457 e. The van der Waals surface area contributed by atoms with Crippen molar-refractivity contribution in [1.82, 2.24) is 15.1 Å². The average Bonchev–Trinajstić information content (AvgIpc) is 2.82. The van der Waals surface area contributed by atoms with Gasteiger partial charge in [-0.25, -0.2) is 0 Å². The molecule has 1 fully saturated rings. The fourth-order valence-electron chi connectivity index (χ4n) is 4.26. The van der Waals surface area contributed by atoms with E-state index in [9.17, 15) is 4.79 Å². The zero-order valence-corrected chi connectivity index (χ0v) is 18.8. The number of para-hydroxylation sites is 1. The van der Waals surface area contributed by atoms with Crippen LogP contribution in [-0.2, 0) is 0 Å². The second-order valence-corrected chi connectivity index (χ2v) is 8.40. The van der Waals surface area contributed by atoms with Crippen molar-refractivity contribution in [2.75, 3.05) is 33.2 Å². The summed E-state index contributed by atoms with van der Waals surface area (Å²) in [7, 11) is 2.16. The van der Waals surface area contributed by atoms with Crippen LogP contribution in [0.2, 0.25) is 0 Å². The van der Waals surface area contributed by atoms with Gasteiger partial charge in [-0.2, -0.15) is 0 Å². The van der Waals surface area contributed by atoms with Crippen LogP contribution in [0.25, 0.3) is 0 Å². The number of ether oxygens (including phenoxy) is 1. The second-order valence-electron chi connectivity index (χ2n) is 8.40. The van der Waals surface area contributed by atoms with Crippen LogP contribution in [0.5, 0.6) is 11.5 Å². The Hall–Kier alpha value is -3.15. The summed E-state index contributed by atoms with van der Waals surface area (Å²) in [6.07, 6.45) is 0. The molecule has 0 radical (unpaired) electrons. The molecule has 0 spiro atoms. The average molecular weight is 430 g/mol. The smallest absolute Gasteiger partial charge is 0.251 e. The van der Waals surface area contributed by atoms with Crippen LogP contribution < -0.4 is 10.1 Å². The summed E-state index contributed by atoms with van der Waals surface area (Å²) in [5.41, 5.74) is 1.82. The number of likely N-dealkylation sites (N-methyl/N-ethyl adjacent to an activating group) is 1. The van der Waals surface area contributed by atoms with E-state index in [-0.39, 0.29) is 18.0 Å². The molecule has 5 heteroatoms. The number of hydrogen-bond acceptors (Lipinski definition) is 4.